The largest absolute Gasteiger partial charge is 0.390 e. The van der Waals surface area contributed by atoms with Gasteiger partial charge in [0.2, 0.25) is 0 Å². The molecule has 0 aliphatic rings. The van der Waals surface area contributed by atoms with Crippen molar-refractivity contribution in [2.24, 2.45) is 0 Å². The van der Waals surface area contributed by atoms with Gasteiger partial charge < -0.3 is 14.8 Å². The summed E-state index contributed by atoms with van der Waals surface area (Å²) in [6, 6.07) is 7.71. The molecule has 1 atom stereocenters. The van der Waals surface area contributed by atoms with E-state index in [0.29, 0.717) is 5.56 Å². The molecule has 0 spiro atoms. The molecule has 0 saturated carbocycles. The van der Waals surface area contributed by atoms with E-state index in [-0.39, 0.29) is 6.54 Å². The van der Waals surface area contributed by atoms with E-state index in [1.807, 2.05) is 0 Å². The maximum absolute atomic E-state index is 12.6. The maximum Gasteiger partial charge on any atom is 0.390 e. The van der Waals surface area contributed by atoms with Gasteiger partial charge in [-0.25, -0.2) is 0 Å². The van der Waals surface area contributed by atoms with E-state index in [1.165, 1.54) is 14.2 Å². The summed E-state index contributed by atoms with van der Waals surface area (Å²) in [5.41, 5.74) is 0.589. The molecule has 1 aromatic carbocycles. The predicted octanol–water partition coefficient (Wildman–Crippen LogP) is 2.89. The van der Waals surface area contributed by atoms with Crippen LogP contribution in [0.1, 0.15) is 18.0 Å². The lowest BCUT2D eigenvalue weighted by molar-refractivity contribution is -0.143. The Morgan fingerprint density at radius 1 is 1.11 bits per heavy atom. The Morgan fingerprint density at radius 3 is 2.16 bits per heavy atom. The van der Waals surface area contributed by atoms with Gasteiger partial charge in [-0.1, -0.05) is 30.3 Å². The van der Waals surface area contributed by atoms with Gasteiger partial charge in [-0.3, -0.25) is 0 Å². The highest BCUT2D eigenvalue weighted by Gasteiger charge is 2.32. The van der Waals surface area contributed by atoms with E-state index in [0.717, 1.165) is 0 Å². The van der Waals surface area contributed by atoms with E-state index >= 15 is 0 Å². The van der Waals surface area contributed by atoms with Crippen LogP contribution >= 0.6 is 0 Å². The highest BCUT2D eigenvalue weighted by Crippen LogP contribution is 2.29. The van der Waals surface area contributed by atoms with Crippen LogP contribution in [0.4, 0.5) is 13.2 Å². The van der Waals surface area contributed by atoms with Crippen molar-refractivity contribution < 1.29 is 22.6 Å². The molecule has 108 valence electrons. The van der Waals surface area contributed by atoms with E-state index in [1.54, 1.807) is 30.3 Å². The molecular weight excluding hydrogens is 259 g/mol. The number of benzene rings is 1. The molecule has 3 nitrogen and oxygen atoms in total. The summed E-state index contributed by atoms with van der Waals surface area (Å²) < 4.78 is 47.6. The highest BCUT2D eigenvalue weighted by molar-refractivity contribution is 5.19. The molecule has 0 fully saturated rings. The van der Waals surface area contributed by atoms with Crippen molar-refractivity contribution in [3.63, 3.8) is 0 Å². The number of rotatable bonds is 7. The van der Waals surface area contributed by atoms with Crippen LogP contribution < -0.4 is 5.32 Å². The van der Waals surface area contributed by atoms with Gasteiger partial charge in [0.05, 0.1) is 6.42 Å². The van der Waals surface area contributed by atoms with Gasteiger partial charge in [0.1, 0.15) is 0 Å². The second-order valence-electron chi connectivity index (χ2n) is 4.09. The fourth-order valence-corrected chi connectivity index (χ4v) is 1.73. The number of halogens is 3. The second-order valence-corrected chi connectivity index (χ2v) is 4.09. The minimum Gasteiger partial charge on any atom is -0.355 e. The van der Waals surface area contributed by atoms with Crippen molar-refractivity contribution in [3.8, 4) is 0 Å². The average Bonchev–Trinajstić information content (AvgIpc) is 2.38. The molecule has 0 aliphatic carbocycles. The lowest BCUT2D eigenvalue weighted by Crippen LogP contribution is -2.34. The molecule has 0 aromatic heterocycles. The molecule has 19 heavy (non-hydrogen) atoms. The molecule has 0 amide bonds. The highest BCUT2D eigenvalue weighted by atomic mass is 19.4. The zero-order chi connectivity index (χ0) is 14.3. The van der Waals surface area contributed by atoms with Crippen molar-refractivity contribution in [1.82, 2.24) is 5.32 Å². The molecular formula is C13H18F3NO2. The van der Waals surface area contributed by atoms with Crippen LogP contribution in [0.2, 0.25) is 0 Å². The van der Waals surface area contributed by atoms with Crippen LogP contribution in [-0.2, 0) is 9.47 Å². The molecule has 6 heteroatoms. The molecule has 1 rings (SSSR count). The first-order valence-electron chi connectivity index (χ1n) is 5.87. The molecule has 0 bridgehead atoms. The summed E-state index contributed by atoms with van der Waals surface area (Å²) in [4.78, 5) is 0. The lowest BCUT2D eigenvalue weighted by atomic mass is 10.0. The third kappa shape index (κ3) is 6.04. The fourth-order valence-electron chi connectivity index (χ4n) is 1.73. The topological polar surface area (TPSA) is 30.5 Å². The Morgan fingerprint density at radius 2 is 1.68 bits per heavy atom. The van der Waals surface area contributed by atoms with Crippen molar-refractivity contribution >= 4 is 0 Å². The molecule has 1 aromatic rings. The van der Waals surface area contributed by atoms with E-state index in [4.69, 9.17) is 9.47 Å². The van der Waals surface area contributed by atoms with Crippen molar-refractivity contribution in [2.45, 2.75) is 24.9 Å². The van der Waals surface area contributed by atoms with Gasteiger partial charge in [0.25, 0.3) is 0 Å². The third-order valence-electron chi connectivity index (χ3n) is 2.69. The van der Waals surface area contributed by atoms with Crippen LogP contribution in [0.15, 0.2) is 30.3 Å². The minimum absolute atomic E-state index is 0.183. The van der Waals surface area contributed by atoms with Gasteiger partial charge in [-0.15, -0.1) is 0 Å². The van der Waals surface area contributed by atoms with Crippen LogP contribution in [-0.4, -0.2) is 33.2 Å². The SMILES string of the molecule is COC(CNC(CC(F)(F)F)c1ccccc1)OC. The van der Waals surface area contributed by atoms with Gasteiger partial charge in [-0.2, -0.15) is 13.2 Å². The van der Waals surface area contributed by atoms with Crippen LogP contribution in [0, 0.1) is 0 Å². The third-order valence-corrected chi connectivity index (χ3v) is 2.69. The number of hydrogen-bond acceptors (Lipinski definition) is 3. The molecule has 0 aliphatic heterocycles. The first-order valence-corrected chi connectivity index (χ1v) is 5.87. The Hall–Kier alpha value is -1.11. The van der Waals surface area contributed by atoms with E-state index in [9.17, 15) is 13.2 Å². The van der Waals surface area contributed by atoms with Crippen molar-refractivity contribution in [1.29, 1.82) is 0 Å². The molecule has 0 saturated heterocycles. The molecule has 0 radical (unpaired) electrons. The summed E-state index contributed by atoms with van der Waals surface area (Å²) in [6.45, 7) is 0.183. The first-order chi connectivity index (χ1) is 8.96. The van der Waals surface area contributed by atoms with Crippen LogP contribution in [0.3, 0.4) is 0 Å². The summed E-state index contributed by atoms with van der Waals surface area (Å²) in [5, 5.41) is 2.82. The fraction of sp³-hybridized carbons (Fsp3) is 0.538. The number of alkyl halides is 3. The molecule has 1 N–H and O–H groups in total. The number of hydrogen-bond donors (Lipinski definition) is 1. The average molecular weight is 277 g/mol. The summed E-state index contributed by atoms with van der Waals surface area (Å²) >= 11 is 0. The zero-order valence-electron chi connectivity index (χ0n) is 10.9. The normalized spacial score (nSPS) is 13.8. The standard InChI is InChI=1S/C13H18F3NO2/c1-18-12(19-2)9-17-11(8-13(14,15)16)10-6-4-3-5-7-10/h3-7,11-12,17H,8-9H2,1-2H3. The number of methoxy groups -OCH3 is 2. The van der Waals surface area contributed by atoms with Gasteiger partial charge in [0.15, 0.2) is 6.29 Å². The van der Waals surface area contributed by atoms with Crippen LogP contribution in [0.5, 0.6) is 0 Å². The zero-order valence-corrected chi connectivity index (χ0v) is 10.9. The molecule has 1 unspecified atom stereocenters. The Bertz CT molecular complexity index is 353. The van der Waals surface area contributed by atoms with Gasteiger partial charge in [0, 0.05) is 26.8 Å². The van der Waals surface area contributed by atoms with Gasteiger partial charge >= 0.3 is 6.18 Å². The Kier molecular flexibility index (Phi) is 6.27. The van der Waals surface area contributed by atoms with E-state index < -0.39 is 24.9 Å². The predicted molar refractivity (Wildman–Crippen MR) is 65.7 cm³/mol. The Balaban J connectivity index is 2.70. The summed E-state index contributed by atoms with van der Waals surface area (Å²) in [6.07, 6.45) is -5.74. The summed E-state index contributed by atoms with van der Waals surface area (Å²) in [5.74, 6) is 0. The summed E-state index contributed by atoms with van der Waals surface area (Å²) in [7, 11) is 2.88. The van der Waals surface area contributed by atoms with E-state index in [2.05, 4.69) is 5.32 Å². The lowest BCUT2D eigenvalue weighted by Gasteiger charge is -2.23. The van der Waals surface area contributed by atoms with Crippen LogP contribution in [0.25, 0.3) is 0 Å². The number of ether oxygens (including phenoxy) is 2. The molecule has 0 heterocycles. The monoisotopic (exact) mass is 277 g/mol. The second kappa shape index (κ2) is 7.47. The number of nitrogens with one attached hydrogen (secondary N) is 1. The van der Waals surface area contributed by atoms with Crippen molar-refractivity contribution in [3.05, 3.63) is 35.9 Å². The Labute approximate surface area is 110 Å². The first kappa shape index (κ1) is 15.9. The van der Waals surface area contributed by atoms with Crippen molar-refractivity contribution in [2.75, 3.05) is 20.8 Å². The quantitative estimate of drug-likeness (QED) is 0.777. The maximum atomic E-state index is 12.6. The smallest absolute Gasteiger partial charge is 0.355 e. The minimum atomic E-state index is -4.23. The van der Waals surface area contributed by atoms with Gasteiger partial charge in [-0.05, 0) is 5.56 Å².